The number of fused-ring (bicyclic) bond motifs is 1. The van der Waals surface area contributed by atoms with Gasteiger partial charge < -0.3 is 0 Å². The molecule has 0 radical (unpaired) electrons. The fourth-order valence-electron chi connectivity index (χ4n) is 2.56. The third-order valence-corrected chi connectivity index (χ3v) is 5.12. The van der Waals surface area contributed by atoms with Crippen molar-refractivity contribution in [1.82, 2.24) is 20.2 Å². The maximum absolute atomic E-state index is 8.06. The number of nitrogens with zero attached hydrogens (tertiary/aromatic N) is 3. The fraction of sp³-hybridized carbons (Fsp3) is 0.238. The van der Waals surface area contributed by atoms with Crippen LogP contribution in [-0.4, -0.2) is 31.6 Å². The van der Waals surface area contributed by atoms with Gasteiger partial charge in [-0.2, -0.15) is 5.10 Å². The van der Waals surface area contributed by atoms with Crippen molar-refractivity contribution in [3.05, 3.63) is 71.3 Å². The van der Waals surface area contributed by atoms with Crippen molar-refractivity contribution in [1.29, 1.82) is 5.41 Å². The Morgan fingerprint density at radius 1 is 1.33 bits per heavy atom. The predicted molar refractivity (Wildman–Crippen MR) is 114 cm³/mol. The summed E-state index contributed by atoms with van der Waals surface area (Å²) in [7, 11) is 0. The zero-order valence-electron chi connectivity index (χ0n) is 15.4. The number of H-pyrrole nitrogens is 1. The topological polar surface area (TPSA) is 78.3 Å². The summed E-state index contributed by atoms with van der Waals surface area (Å²) in [5.74, 6) is 2.36. The number of nitrogens with one attached hydrogen (secondary N) is 2. The van der Waals surface area contributed by atoms with E-state index in [2.05, 4.69) is 51.9 Å². The number of allylic oxidation sites excluding steroid dienone is 2. The van der Waals surface area contributed by atoms with Crippen LogP contribution in [0.1, 0.15) is 37.0 Å². The van der Waals surface area contributed by atoms with Crippen LogP contribution in [0.3, 0.4) is 0 Å². The average molecular weight is 378 g/mol. The summed E-state index contributed by atoms with van der Waals surface area (Å²) < 4.78 is 0. The molecule has 2 aromatic heterocycles. The number of thioether (sulfide) groups is 1. The van der Waals surface area contributed by atoms with Crippen molar-refractivity contribution in [2.75, 3.05) is 5.75 Å². The first kappa shape index (κ1) is 19.0. The number of hydrogen-bond acceptors (Lipinski definition) is 5. The highest BCUT2D eigenvalue weighted by Gasteiger charge is 2.05. The molecule has 138 valence electrons. The maximum atomic E-state index is 8.06. The molecule has 0 aliphatic rings. The Morgan fingerprint density at radius 2 is 2.22 bits per heavy atom. The largest absolute Gasteiger partial charge is 0.300 e. The summed E-state index contributed by atoms with van der Waals surface area (Å²) in [6, 6.07) is 10.2. The van der Waals surface area contributed by atoms with Crippen LogP contribution in [0.15, 0.2) is 54.1 Å². The van der Waals surface area contributed by atoms with Crippen LogP contribution in [0, 0.1) is 5.41 Å². The number of hydrogen-bond donors (Lipinski definition) is 2. The molecule has 2 N–H and O–H groups in total. The Kier molecular flexibility index (Phi) is 6.54. The van der Waals surface area contributed by atoms with Crippen LogP contribution in [0.2, 0.25) is 0 Å². The minimum Gasteiger partial charge on any atom is -0.300 e. The molecule has 27 heavy (non-hydrogen) atoms. The molecule has 5 nitrogen and oxygen atoms in total. The molecule has 0 bridgehead atoms. The van der Waals surface area contributed by atoms with Gasteiger partial charge in [0.15, 0.2) is 5.82 Å². The number of rotatable bonds is 9. The van der Waals surface area contributed by atoms with E-state index in [0.717, 1.165) is 45.8 Å². The van der Waals surface area contributed by atoms with Gasteiger partial charge in [-0.1, -0.05) is 32.1 Å². The van der Waals surface area contributed by atoms with E-state index in [1.807, 2.05) is 12.1 Å². The molecule has 3 rings (SSSR count). The Hall–Kier alpha value is -2.73. The molecule has 0 aliphatic carbocycles. The SMILES string of the molecule is C=C(SCCCC)C(=N)/C=C\c1n[nH]c(Cc2ccc3ncccc3c2)n1. The van der Waals surface area contributed by atoms with Crippen molar-refractivity contribution in [3.8, 4) is 0 Å². The highest BCUT2D eigenvalue weighted by atomic mass is 32.2. The molecule has 0 unspecified atom stereocenters. The molecular weight excluding hydrogens is 354 g/mol. The minimum atomic E-state index is 0.407. The van der Waals surface area contributed by atoms with Gasteiger partial charge in [0, 0.05) is 22.9 Å². The predicted octanol–water partition coefficient (Wildman–Crippen LogP) is 5.02. The second-order valence-corrected chi connectivity index (χ2v) is 7.41. The van der Waals surface area contributed by atoms with E-state index in [9.17, 15) is 0 Å². The van der Waals surface area contributed by atoms with E-state index in [1.54, 1.807) is 30.1 Å². The van der Waals surface area contributed by atoms with E-state index < -0.39 is 0 Å². The average Bonchev–Trinajstić information content (AvgIpc) is 3.13. The molecule has 0 aliphatic heterocycles. The number of unbranched alkanes of at least 4 members (excludes halogenated alkanes) is 1. The molecule has 0 atom stereocenters. The zero-order valence-corrected chi connectivity index (χ0v) is 16.2. The van der Waals surface area contributed by atoms with Crippen LogP contribution in [0.25, 0.3) is 17.0 Å². The van der Waals surface area contributed by atoms with Crippen LogP contribution in [0.4, 0.5) is 0 Å². The normalized spacial score (nSPS) is 11.3. The summed E-state index contributed by atoms with van der Waals surface area (Å²) in [6.07, 6.45) is 8.20. The molecule has 1 aromatic carbocycles. The van der Waals surface area contributed by atoms with Crippen molar-refractivity contribution in [2.24, 2.45) is 0 Å². The van der Waals surface area contributed by atoms with Gasteiger partial charge >= 0.3 is 0 Å². The van der Waals surface area contributed by atoms with E-state index in [0.29, 0.717) is 18.0 Å². The smallest absolute Gasteiger partial charge is 0.173 e. The van der Waals surface area contributed by atoms with Crippen LogP contribution in [-0.2, 0) is 6.42 Å². The van der Waals surface area contributed by atoms with Gasteiger partial charge in [-0.05, 0) is 48.1 Å². The van der Waals surface area contributed by atoms with E-state index >= 15 is 0 Å². The fourth-order valence-corrected chi connectivity index (χ4v) is 3.46. The summed E-state index contributed by atoms with van der Waals surface area (Å²) in [5, 5.41) is 16.4. The van der Waals surface area contributed by atoms with Gasteiger partial charge in [-0.25, -0.2) is 4.98 Å². The molecule has 0 fully saturated rings. The molecule has 3 aromatic rings. The molecule has 0 amide bonds. The lowest BCUT2D eigenvalue weighted by Crippen LogP contribution is -1.93. The van der Waals surface area contributed by atoms with Gasteiger partial charge in [-0.15, -0.1) is 11.8 Å². The Morgan fingerprint density at radius 3 is 3.07 bits per heavy atom. The van der Waals surface area contributed by atoms with Crippen LogP contribution < -0.4 is 0 Å². The minimum absolute atomic E-state index is 0.407. The lowest BCUT2D eigenvalue weighted by atomic mass is 10.1. The number of aromatic nitrogens is 4. The molecule has 0 saturated carbocycles. The first-order valence-corrected chi connectivity index (χ1v) is 9.98. The number of benzene rings is 1. The Bertz CT molecular complexity index is 973. The summed E-state index contributed by atoms with van der Waals surface area (Å²) in [6.45, 7) is 6.11. The van der Waals surface area contributed by atoms with Gasteiger partial charge in [0.1, 0.15) is 5.82 Å². The van der Waals surface area contributed by atoms with Gasteiger partial charge in [0.25, 0.3) is 0 Å². The van der Waals surface area contributed by atoms with E-state index in [-0.39, 0.29) is 0 Å². The first-order valence-electron chi connectivity index (χ1n) is 8.99. The number of pyridine rings is 1. The van der Waals surface area contributed by atoms with Gasteiger partial charge in [0.2, 0.25) is 0 Å². The Balaban J connectivity index is 1.60. The van der Waals surface area contributed by atoms with Crippen molar-refractivity contribution >= 4 is 34.5 Å². The molecule has 2 heterocycles. The summed E-state index contributed by atoms with van der Waals surface area (Å²) in [4.78, 5) is 9.61. The van der Waals surface area contributed by atoms with Crippen molar-refractivity contribution in [2.45, 2.75) is 26.2 Å². The summed E-state index contributed by atoms with van der Waals surface area (Å²) >= 11 is 1.63. The highest BCUT2D eigenvalue weighted by molar-refractivity contribution is 8.04. The second-order valence-electron chi connectivity index (χ2n) is 6.22. The lowest BCUT2D eigenvalue weighted by molar-refractivity contribution is 0.897. The van der Waals surface area contributed by atoms with E-state index in [4.69, 9.17) is 5.41 Å². The quantitative estimate of drug-likeness (QED) is 0.405. The van der Waals surface area contributed by atoms with E-state index in [1.165, 1.54) is 0 Å². The standard InChI is InChI=1S/C21H23N5S/c1-3-4-12-27-15(2)18(22)8-10-20-24-21(26-25-20)14-16-7-9-19-17(13-16)6-5-11-23-19/h5-11,13,22H,2-4,12,14H2,1H3,(H,24,25,26)/b10-8-,22-18?. The highest BCUT2D eigenvalue weighted by Crippen LogP contribution is 2.18. The molecule has 0 saturated heterocycles. The lowest BCUT2D eigenvalue weighted by Gasteiger charge is -2.02. The third kappa shape index (κ3) is 5.37. The van der Waals surface area contributed by atoms with Gasteiger partial charge in [-0.3, -0.25) is 15.5 Å². The van der Waals surface area contributed by atoms with Crippen LogP contribution >= 0.6 is 11.8 Å². The third-order valence-electron chi connectivity index (χ3n) is 4.06. The van der Waals surface area contributed by atoms with Gasteiger partial charge in [0.05, 0.1) is 11.2 Å². The molecular formula is C21H23N5S. The van der Waals surface area contributed by atoms with Crippen molar-refractivity contribution < 1.29 is 0 Å². The molecule has 6 heteroatoms. The molecule has 0 spiro atoms. The maximum Gasteiger partial charge on any atom is 0.173 e. The monoisotopic (exact) mass is 377 g/mol. The zero-order chi connectivity index (χ0) is 19.1. The Labute approximate surface area is 163 Å². The van der Waals surface area contributed by atoms with Crippen LogP contribution in [0.5, 0.6) is 0 Å². The first-order chi connectivity index (χ1) is 13.2. The second kappa shape index (κ2) is 9.28. The van der Waals surface area contributed by atoms with Crippen molar-refractivity contribution in [3.63, 3.8) is 0 Å². The summed E-state index contributed by atoms with van der Waals surface area (Å²) in [5.41, 5.74) is 2.54. The number of aromatic amines is 1.